The summed E-state index contributed by atoms with van der Waals surface area (Å²) in [4.78, 5) is 12.7. The first-order valence-electron chi connectivity index (χ1n) is 5.16. The van der Waals surface area contributed by atoms with Gasteiger partial charge in [0.2, 0.25) is 0 Å². The fourth-order valence-corrected chi connectivity index (χ4v) is 1.47. The second kappa shape index (κ2) is 4.74. The molecule has 86 valence electrons. The van der Waals surface area contributed by atoms with Crippen LogP contribution in [0.4, 0.5) is 10.5 Å². The minimum Gasteiger partial charge on any atom is -0.492 e. The number of carbonyl (C=O) groups excluding carboxylic acids is 1. The fraction of sp³-hybridized carbons (Fsp3) is 0.364. The number of anilines is 1. The summed E-state index contributed by atoms with van der Waals surface area (Å²) in [5, 5.41) is 0. The molecule has 1 aliphatic heterocycles. The molecule has 2 rings (SSSR count). The number of benzene rings is 1. The quantitative estimate of drug-likeness (QED) is 0.775. The topological polar surface area (TPSA) is 64.8 Å². The normalized spacial score (nSPS) is 15.0. The van der Waals surface area contributed by atoms with Gasteiger partial charge in [-0.15, -0.1) is 0 Å². The van der Waals surface area contributed by atoms with Crippen molar-refractivity contribution in [2.45, 2.75) is 0 Å². The van der Waals surface area contributed by atoms with Crippen LogP contribution in [0.1, 0.15) is 0 Å². The average molecular weight is 222 g/mol. The van der Waals surface area contributed by atoms with Crippen molar-refractivity contribution in [1.29, 1.82) is 0 Å². The van der Waals surface area contributed by atoms with Crippen molar-refractivity contribution in [2.24, 2.45) is 0 Å². The van der Waals surface area contributed by atoms with Gasteiger partial charge in [-0.2, -0.15) is 0 Å². The number of ether oxygens (including phenoxy) is 2. The summed E-state index contributed by atoms with van der Waals surface area (Å²) in [7, 11) is 0. The Morgan fingerprint density at radius 1 is 1.38 bits per heavy atom. The van der Waals surface area contributed by atoms with Crippen molar-refractivity contribution in [3.8, 4) is 5.75 Å². The molecule has 1 saturated heterocycles. The zero-order valence-corrected chi connectivity index (χ0v) is 8.89. The van der Waals surface area contributed by atoms with E-state index in [9.17, 15) is 4.79 Å². The number of cyclic esters (lactones) is 1. The Labute approximate surface area is 93.7 Å². The lowest BCUT2D eigenvalue weighted by Crippen LogP contribution is -2.29. The summed E-state index contributed by atoms with van der Waals surface area (Å²) < 4.78 is 10.3. The SMILES string of the molecule is Nc1ccc(OCCN2CCOC2=O)cc1. The first-order chi connectivity index (χ1) is 7.75. The van der Waals surface area contributed by atoms with Crippen molar-refractivity contribution in [2.75, 3.05) is 32.0 Å². The van der Waals surface area contributed by atoms with E-state index >= 15 is 0 Å². The highest BCUT2D eigenvalue weighted by molar-refractivity contribution is 5.69. The maximum absolute atomic E-state index is 11.1. The largest absolute Gasteiger partial charge is 0.492 e. The van der Waals surface area contributed by atoms with Crippen LogP contribution in [-0.2, 0) is 4.74 Å². The van der Waals surface area contributed by atoms with E-state index in [1.54, 1.807) is 29.2 Å². The first-order valence-corrected chi connectivity index (χ1v) is 5.16. The third-order valence-electron chi connectivity index (χ3n) is 2.35. The number of nitrogens with zero attached hydrogens (tertiary/aromatic N) is 1. The Kier molecular flexibility index (Phi) is 3.14. The van der Waals surface area contributed by atoms with E-state index in [0.717, 1.165) is 5.75 Å². The summed E-state index contributed by atoms with van der Waals surface area (Å²) in [6.07, 6.45) is -0.263. The minimum atomic E-state index is -0.263. The van der Waals surface area contributed by atoms with Crippen LogP contribution in [0.2, 0.25) is 0 Å². The number of carbonyl (C=O) groups is 1. The van der Waals surface area contributed by atoms with Crippen molar-refractivity contribution in [1.82, 2.24) is 4.90 Å². The van der Waals surface area contributed by atoms with Gasteiger partial charge in [-0.05, 0) is 24.3 Å². The van der Waals surface area contributed by atoms with Gasteiger partial charge in [0.1, 0.15) is 19.0 Å². The van der Waals surface area contributed by atoms with E-state index in [4.69, 9.17) is 15.2 Å². The van der Waals surface area contributed by atoms with Gasteiger partial charge in [0.25, 0.3) is 0 Å². The van der Waals surface area contributed by atoms with Crippen molar-refractivity contribution >= 4 is 11.8 Å². The molecule has 1 heterocycles. The predicted octanol–water partition coefficient (Wildman–Crippen LogP) is 1.10. The van der Waals surface area contributed by atoms with E-state index < -0.39 is 0 Å². The summed E-state index contributed by atoms with van der Waals surface area (Å²) in [5.41, 5.74) is 6.25. The molecular weight excluding hydrogens is 208 g/mol. The molecule has 1 aromatic rings. The molecule has 0 radical (unpaired) electrons. The van der Waals surface area contributed by atoms with Gasteiger partial charge in [-0.25, -0.2) is 4.79 Å². The minimum absolute atomic E-state index is 0.263. The van der Waals surface area contributed by atoms with E-state index in [0.29, 0.717) is 32.0 Å². The lowest BCUT2D eigenvalue weighted by atomic mass is 10.3. The molecule has 2 N–H and O–H groups in total. The summed E-state index contributed by atoms with van der Waals surface area (Å²) in [6, 6.07) is 7.16. The molecule has 0 aromatic heterocycles. The highest BCUT2D eigenvalue weighted by Crippen LogP contribution is 2.13. The van der Waals surface area contributed by atoms with Crippen LogP contribution >= 0.6 is 0 Å². The van der Waals surface area contributed by atoms with Gasteiger partial charge < -0.3 is 20.1 Å². The lowest BCUT2D eigenvalue weighted by molar-refractivity contribution is 0.153. The van der Waals surface area contributed by atoms with Gasteiger partial charge >= 0.3 is 6.09 Å². The van der Waals surface area contributed by atoms with Crippen LogP contribution < -0.4 is 10.5 Å². The van der Waals surface area contributed by atoms with Crippen LogP contribution in [0.15, 0.2) is 24.3 Å². The van der Waals surface area contributed by atoms with Gasteiger partial charge in [0, 0.05) is 5.69 Å². The molecule has 16 heavy (non-hydrogen) atoms. The van der Waals surface area contributed by atoms with Crippen molar-refractivity contribution in [3.05, 3.63) is 24.3 Å². The Morgan fingerprint density at radius 2 is 2.12 bits per heavy atom. The number of rotatable bonds is 4. The second-order valence-corrected chi connectivity index (χ2v) is 3.52. The number of nitrogen functional groups attached to an aromatic ring is 1. The van der Waals surface area contributed by atoms with Gasteiger partial charge in [0.05, 0.1) is 13.1 Å². The number of nitrogens with two attached hydrogens (primary N) is 1. The van der Waals surface area contributed by atoms with Gasteiger partial charge in [-0.1, -0.05) is 0 Å². The third kappa shape index (κ3) is 2.56. The summed E-state index contributed by atoms with van der Waals surface area (Å²) >= 11 is 0. The van der Waals surface area contributed by atoms with Crippen molar-refractivity contribution in [3.63, 3.8) is 0 Å². The molecule has 0 saturated carbocycles. The molecule has 1 amide bonds. The van der Waals surface area contributed by atoms with E-state index in [1.165, 1.54) is 0 Å². The van der Waals surface area contributed by atoms with E-state index in [-0.39, 0.29) is 6.09 Å². The van der Waals surface area contributed by atoms with Crippen LogP contribution in [0.5, 0.6) is 5.75 Å². The molecule has 0 unspecified atom stereocenters. The molecule has 0 spiro atoms. The second-order valence-electron chi connectivity index (χ2n) is 3.52. The van der Waals surface area contributed by atoms with Crippen LogP contribution in [0.3, 0.4) is 0 Å². The number of hydrogen-bond acceptors (Lipinski definition) is 4. The zero-order valence-electron chi connectivity index (χ0n) is 8.89. The van der Waals surface area contributed by atoms with Crippen LogP contribution in [-0.4, -0.2) is 37.3 Å². The molecule has 5 nitrogen and oxygen atoms in total. The Balaban J connectivity index is 1.75. The highest BCUT2D eigenvalue weighted by Gasteiger charge is 2.21. The highest BCUT2D eigenvalue weighted by atomic mass is 16.6. The number of amides is 1. The molecule has 1 fully saturated rings. The fourth-order valence-electron chi connectivity index (χ4n) is 1.47. The standard InChI is InChI=1S/C11H14N2O3/c12-9-1-3-10(4-2-9)15-7-5-13-6-8-16-11(13)14/h1-4H,5-8,12H2. The lowest BCUT2D eigenvalue weighted by Gasteiger charge is -2.13. The maximum Gasteiger partial charge on any atom is 0.410 e. The zero-order chi connectivity index (χ0) is 11.4. The third-order valence-corrected chi connectivity index (χ3v) is 2.35. The van der Waals surface area contributed by atoms with Crippen LogP contribution in [0, 0.1) is 0 Å². The maximum atomic E-state index is 11.1. The Morgan fingerprint density at radius 3 is 2.75 bits per heavy atom. The van der Waals surface area contributed by atoms with Crippen molar-refractivity contribution < 1.29 is 14.3 Å². The molecular formula is C11H14N2O3. The molecule has 1 aromatic carbocycles. The molecule has 0 atom stereocenters. The Hall–Kier alpha value is -1.91. The molecule has 0 aliphatic carbocycles. The number of hydrogen-bond donors (Lipinski definition) is 1. The van der Waals surface area contributed by atoms with E-state index in [1.807, 2.05) is 0 Å². The van der Waals surface area contributed by atoms with Gasteiger partial charge in [-0.3, -0.25) is 0 Å². The van der Waals surface area contributed by atoms with Gasteiger partial charge in [0.15, 0.2) is 0 Å². The molecule has 5 heteroatoms. The predicted molar refractivity (Wildman–Crippen MR) is 59.3 cm³/mol. The van der Waals surface area contributed by atoms with E-state index in [2.05, 4.69) is 0 Å². The monoisotopic (exact) mass is 222 g/mol. The smallest absolute Gasteiger partial charge is 0.410 e. The molecule has 1 aliphatic rings. The first kappa shape index (κ1) is 10.6. The van der Waals surface area contributed by atoms with Crippen LogP contribution in [0.25, 0.3) is 0 Å². The summed E-state index contributed by atoms with van der Waals surface area (Å²) in [5.74, 6) is 0.752. The average Bonchev–Trinajstić information content (AvgIpc) is 2.68. The molecule has 0 bridgehead atoms. The Bertz CT molecular complexity index is 364. The summed E-state index contributed by atoms with van der Waals surface area (Å²) in [6.45, 7) is 2.12.